The van der Waals surface area contributed by atoms with E-state index in [2.05, 4.69) is 5.32 Å². The van der Waals surface area contributed by atoms with Gasteiger partial charge in [0.15, 0.2) is 0 Å². The lowest BCUT2D eigenvalue weighted by Gasteiger charge is -2.29. The molecule has 0 fully saturated rings. The molecule has 1 rings (SSSR count). The molecule has 1 N–H and O–H groups in total. The molecule has 0 amide bonds. The number of carbonyl (C=O) groups excluding carboxylic acids is 1. The van der Waals surface area contributed by atoms with Gasteiger partial charge in [-0.05, 0) is 51.6 Å². The van der Waals surface area contributed by atoms with Gasteiger partial charge in [0, 0.05) is 10.1 Å². The summed E-state index contributed by atoms with van der Waals surface area (Å²) in [6.07, 6.45) is 0.629. The molecule has 0 heterocycles. The zero-order valence-corrected chi connectivity index (χ0v) is 13.2. The number of halogens is 1. The molecule has 0 aliphatic rings. The second-order valence-corrected chi connectivity index (χ2v) is 6.40. The molecule has 0 bridgehead atoms. The van der Waals surface area contributed by atoms with E-state index >= 15 is 0 Å². The van der Waals surface area contributed by atoms with Crippen LogP contribution < -0.4 is 5.32 Å². The van der Waals surface area contributed by atoms with Gasteiger partial charge in [0.2, 0.25) is 0 Å². The third-order valence-corrected chi connectivity index (χ3v) is 4.24. The Morgan fingerprint density at radius 1 is 1.45 bits per heavy atom. The molecule has 2 unspecified atom stereocenters. The fourth-order valence-corrected chi connectivity index (χ4v) is 3.11. The van der Waals surface area contributed by atoms with Crippen LogP contribution in [0.4, 0.5) is 4.39 Å². The van der Waals surface area contributed by atoms with Crippen LogP contribution in [0.25, 0.3) is 0 Å². The van der Waals surface area contributed by atoms with Crippen molar-refractivity contribution in [3.8, 4) is 0 Å². The van der Waals surface area contributed by atoms with E-state index < -0.39 is 5.54 Å². The van der Waals surface area contributed by atoms with Crippen molar-refractivity contribution in [2.75, 3.05) is 13.7 Å². The fourth-order valence-electron chi connectivity index (χ4n) is 1.94. The molecule has 0 saturated heterocycles. The van der Waals surface area contributed by atoms with Crippen molar-refractivity contribution in [3.05, 3.63) is 30.1 Å². The topological polar surface area (TPSA) is 38.3 Å². The Morgan fingerprint density at radius 3 is 2.55 bits per heavy atom. The highest BCUT2D eigenvalue weighted by Crippen LogP contribution is 2.29. The molecular weight excluding hydrogens is 277 g/mol. The minimum Gasteiger partial charge on any atom is -0.465 e. The maximum atomic E-state index is 12.9. The zero-order valence-electron chi connectivity index (χ0n) is 12.4. The predicted molar refractivity (Wildman–Crippen MR) is 80.4 cm³/mol. The van der Waals surface area contributed by atoms with Gasteiger partial charge in [0.05, 0.1) is 6.61 Å². The van der Waals surface area contributed by atoms with Gasteiger partial charge < -0.3 is 10.1 Å². The number of hydrogen-bond donors (Lipinski definition) is 1. The molecule has 1 aromatic rings. The third kappa shape index (κ3) is 4.80. The fraction of sp³-hybridized carbons (Fsp3) is 0.533. The normalized spacial score (nSPS) is 15.4. The Bertz CT molecular complexity index is 438. The number of thioether (sulfide) groups is 1. The van der Waals surface area contributed by atoms with Crippen LogP contribution in [-0.2, 0) is 9.53 Å². The van der Waals surface area contributed by atoms with Crippen LogP contribution in [0.2, 0.25) is 0 Å². The number of nitrogens with one attached hydrogen (secondary N) is 1. The summed E-state index contributed by atoms with van der Waals surface area (Å²) in [6.45, 7) is 6.05. The average molecular weight is 299 g/mol. The number of esters is 1. The first-order valence-corrected chi connectivity index (χ1v) is 7.57. The Kier molecular flexibility index (Phi) is 6.49. The van der Waals surface area contributed by atoms with E-state index in [1.807, 2.05) is 13.8 Å². The number of ether oxygens (including phenoxy) is 1. The van der Waals surface area contributed by atoms with Gasteiger partial charge in [-0.25, -0.2) is 4.39 Å². The van der Waals surface area contributed by atoms with Crippen LogP contribution >= 0.6 is 11.8 Å². The number of carbonyl (C=O) groups is 1. The van der Waals surface area contributed by atoms with Gasteiger partial charge in [-0.1, -0.05) is 6.92 Å². The largest absolute Gasteiger partial charge is 0.465 e. The van der Waals surface area contributed by atoms with Gasteiger partial charge in [0.1, 0.15) is 11.4 Å². The Morgan fingerprint density at radius 2 is 2.05 bits per heavy atom. The molecule has 0 aliphatic carbocycles. The quantitative estimate of drug-likeness (QED) is 0.619. The Labute approximate surface area is 124 Å². The van der Waals surface area contributed by atoms with Crippen molar-refractivity contribution in [3.63, 3.8) is 0 Å². The lowest BCUT2D eigenvalue weighted by atomic mass is 9.96. The molecular formula is C15H22FNO2S. The molecule has 5 heteroatoms. The maximum absolute atomic E-state index is 12.9. The molecule has 1 aromatic carbocycles. The van der Waals surface area contributed by atoms with Crippen LogP contribution in [0.15, 0.2) is 29.2 Å². The summed E-state index contributed by atoms with van der Waals surface area (Å²) in [4.78, 5) is 13.0. The summed E-state index contributed by atoms with van der Waals surface area (Å²) in [5.41, 5.74) is -0.706. The van der Waals surface area contributed by atoms with Crippen molar-refractivity contribution in [1.29, 1.82) is 0 Å². The van der Waals surface area contributed by atoms with Gasteiger partial charge in [0.25, 0.3) is 0 Å². The first kappa shape index (κ1) is 17.0. The Balaban J connectivity index is 2.65. The van der Waals surface area contributed by atoms with E-state index in [-0.39, 0.29) is 17.0 Å². The smallest absolute Gasteiger partial charge is 0.326 e. The SMILES string of the molecule is CCOC(=O)C(C)(CC(C)Sc1ccc(F)cc1)NC. The first-order chi connectivity index (χ1) is 9.41. The van der Waals surface area contributed by atoms with Crippen molar-refractivity contribution in [2.24, 2.45) is 0 Å². The van der Waals surface area contributed by atoms with Gasteiger partial charge in [-0.15, -0.1) is 11.8 Å². The lowest BCUT2D eigenvalue weighted by Crippen LogP contribution is -2.50. The maximum Gasteiger partial charge on any atom is 0.326 e. The highest BCUT2D eigenvalue weighted by atomic mass is 32.2. The standard InChI is InChI=1S/C15H22FNO2S/c1-5-19-14(18)15(3,17-4)10-11(2)20-13-8-6-12(16)7-9-13/h6-9,11,17H,5,10H2,1-4H3. The molecule has 0 saturated carbocycles. The minimum atomic E-state index is -0.706. The van der Waals surface area contributed by atoms with E-state index in [1.54, 1.807) is 37.9 Å². The number of rotatable bonds is 7. The lowest BCUT2D eigenvalue weighted by molar-refractivity contribution is -0.150. The van der Waals surface area contributed by atoms with Crippen LogP contribution in [0, 0.1) is 5.82 Å². The average Bonchev–Trinajstić information content (AvgIpc) is 2.41. The second kappa shape index (κ2) is 7.64. The van der Waals surface area contributed by atoms with Crippen molar-refractivity contribution >= 4 is 17.7 Å². The van der Waals surface area contributed by atoms with Crippen LogP contribution in [0.3, 0.4) is 0 Å². The molecule has 0 aliphatic heterocycles. The Hall–Kier alpha value is -1.07. The van der Waals surface area contributed by atoms with E-state index in [4.69, 9.17) is 4.74 Å². The zero-order chi connectivity index (χ0) is 15.2. The number of likely N-dealkylation sites (N-methyl/N-ethyl adjacent to an activating group) is 1. The predicted octanol–water partition coefficient (Wildman–Crippen LogP) is 3.24. The number of benzene rings is 1. The molecule has 3 nitrogen and oxygen atoms in total. The van der Waals surface area contributed by atoms with Gasteiger partial charge in [-0.2, -0.15) is 0 Å². The number of hydrogen-bond acceptors (Lipinski definition) is 4. The molecule has 0 aromatic heterocycles. The molecule has 112 valence electrons. The summed E-state index contributed by atoms with van der Waals surface area (Å²) >= 11 is 1.62. The van der Waals surface area contributed by atoms with Gasteiger partial charge in [-0.3, -0.25) is 4.79 Å². The third-order valence-electron chi connectivity index (χ3n) is 3.12. The van der Waals surface area contributed by atoms with Crippen LogP contribution in [-0.4, -0.2) is 30.4 Å². The minimum absolute atomic E-state index is 0.197. The summed E-state index contributed by atoms with van der Waals surface area (Å²) in [5, 5.41) is 3.24. The molecule has 2 atom stereocenters. The summed E-state index contributed by atoms with van der Waals surface area (Å²) in [6, 6.07) is 6.38. The van der Waals surface area contributed by atoms with Crippen molar-refractivity contribution < 1.29 is 13.9 Å². The molecule has 20 heavy (non-hydrogen) atoms. The van der Waals surface area contributed by atoms with Crippen molar-refractivity contribution in [1.82, 2.24) is 5.32 Å². The van der Waals surface area contributed by atoms with E-state index in [0.717, 1.165) is 4.90 Å². The van der Waals surface area contributed by atoms with Crippen LogP contribution in [0.5, 0.6) is 0 Å². The van der Waals surface area contributed by atoms with E-state index in [9.17, 15) is 9.18 Å². The summed E-state index contributed by atoms with van der Waals surface area (Å²) in [5.74, 6) is -0.484. The first-order valence-electron chi connectivity index (χ1n) is 6.69. The summed E-state index contributed by atoms with van der Waals surface area (Å²) < 4.78 is 18.0. The van der Waals surface area contributed by atoms with Crippen molar-refractivity contribution in [2.45, 2.75) is 42.9 Å². The second-order valence-electron chi connectivity index (χ2n) is 4.89. The highest BCUT2D eigenvalue weighted by Gasteiger charge is 2.34. The molecule has 0 radical (unpaired) electrons. The van der Waals surface area contributed by atoms with Crippen LogP contribution in [0.1, 0.15) is 27.2 Å². The van der Waals surface area contributed by atoms with Gasteiger partial charge >= 0.3 is 5.97 Å². The van der Waals surface area contributed by atoms with E-state index in [0.29, 0.717) is 13.0 Å². The summed E-state index contributed by atoms with van der Waals surface area (Å²) in [7, 11) is 1.76. The molecule has 0 spiro atoms. The highest BCUT2D eigenvalue weighted by molar-refractivity contribution is 7.99. The van der Waals surface area contributed by atoms with E-state index in [1.165, 1.54) is 12.1 Å². The monoisotopic (exact) mass is 299 g/mol.